The van der Waals surface area contributed by atoms with Crippen LogP contribution in [0.25, 0.3) is 11.1 Å². The molecule has 1 heterocycles. The summed E-state index contributed by atoms with van der Waals surface area (Å²) < 4.78 is 18.6. The van der Waals surface area contributed by atoms with E-state index in [4.69, 9.17) is 4.74 Å². The summed E-state index contributed by atoms with van der Waals surface area (Å²) >= 11 is 0. The molecular weight excluding hydrogens is 407 g/mol. The first kappa shape index (κ1) is 21.0. The third kappa shape index (κ3) is 5.26. The Kier molecular flexibility index (Phi) is 6.36. The summed E-state index contributed by atoms with van der Waals surface area (Å²) in [6.07, 6.45) is 3.24. The lowest BCUT2D eigenvalue weighted by Gasteiger charge is -2.09. The smallest absolute Gasteiger partial charge is 0.251 e. The number of nitrogens with zero attached hydrogens (tertiary/aromatic N) is 2. The van der Waals surface area contributed by atoms with Gasteiger partial charge in [-0.1, -0.05) is 30.3 Å². The summed E-state index contributed by atoms with van der Waals surface area (Å²) in [6, 6.07) is 20.9. The van der Waals surface area contributed by atoms with E-state index in [-0.39, 0.29) is 11.7 Å². The van der Waals surface area contributed by atoms with Crippen LogP contribution >= 0.6 is 0 Å². The fourth-order valence-electron chi connectivity index (χ4n) is 3.14. The number of carbonyl (C=O) groups excluding carboxylic acids is 1. The van der Waals surface area contributed by atoms with Crippen molar-refractivity contribution in [1.82, 2.24) is 15.3 Å². The molecule has 0 saturated heterocycles. The molecule has 4 aromatic rings. The molecule has 0 saturated carbocycles. The van der Waals surface area contributed by atoms with Gasteiger partial charge < -0.3 is 15.4 Å². The summed E-state index contributed by atoms with van der Waals surface area (Å²) in [7, 11) is 1.61. The summed E-state index contributed by atoms with van der Waals surface area (Å²) in [6.45, 7) is 0.387. The molecule has 32 heavy (non-hydrogen) atoms. The van der Waals surface area contributed by atoms with Crippen molar-refractivity contribution in [3.05, 3.63) is 102 Å². The molecule has 1 aromatic heterocycles. The number of anilines is 2. The van der Waals surface area contributed by atoms with Gasteiger partial charge in [-0.3, -0.25) is 4.79 Å². The molecule has 0 bridgehead atoms. The van der Waals surface area contributed by atoms with Crippen LogP contribution < -0.4 is 15.4 Å². The monoisotopic (exact) mass is 428 g/mol. The SMILES string of the molecule is COc1cccc(CNC(=O)c2cccc(Nc3ncc(-c4cccc(F)c4)cn3)c2)c1. The second-order valence-corrected chi connectivity index (χ2v) is 7.05. The van der Waals surface area contributed by atoms with E-state index in [1.54, 1.807) is 49.8 Å². The first-order chi connectivity index (χ1) is 15.6. The number of aromatic nitrogens is 2. The summed E-state index contributed by atoms with van der Waals surface area (Å²) in [4.78, 5) is 21.2. The van der Waals surface area contributed by atoms with Gasteiger partial charge in [-0.2, -0.15) is 0 Å². The van der Waals surface area contributed by atoms with Crippen LogP contribution in [0.3, 0.4) is 0 Å². The lowest BCUT2D eigenvalue weighted by molar-refractivity contribution is 0.0951. The lowest BCUT2D eigenvalue weighted by atomic mass is 10.1. The number of nitrogens with one attached hydrogen (secondary N) is 2. The van der Waals surface area contributed by atoms with Crippen molar-refractivity contribution in [2.75, 3.05) is 12.4 Å². The minimum Gasteiger partial charge on any atom is -0.497 e. The number of hydrogen-bond donors (Lipinski definition) is 2. The number of hydrogen-bond acceptors (Lipinski definition) is 5. The highest BCUT2D eigenvalue weighted by atomic mass is 19.1. The van der Waals surface area contributed by atoms with Crippen molar-refractivity contribution in [3.8, 4) is 16.9 Å². The van der Waals surface area contributed by atoms with Gasteiger partial charge in [0.05, 0.1) is 7.11 Å². The molecule has 0 aliphatic rings. The van der Waals surface area contributed by atoms with Gasteiger partial charge in [0.1, 0.15) is 11.6 Å². The van der Waals surface area contributed by atoms with Crippen LogP contribution in [-0.2, 0) is 6.54 Å². The topological polar surface area (TPSA) is 76.1 Å². The van der Waals surface area contributed by atoms with Crippen molar-refractivity contribution in [2.24, 2.45) is 0 Å². The van der Waals surface area contributed by atoms with Gasteiger partial charge in [-0.25, -0.2) is 14.4 Å². The van der Waals surface area contributed by atoms with Crippen molar-refractivity contribution >= 4 is 17.5 Å². The van der Waals surface area contributed by atoms with Crippen molar-refractivity contribution < 1.29 is 13.9 Å². The molecule has 6 nitrogen and oxygen atoms in total. The van der Waals surface area contributed by atoms with Gasteiger partial charge in [0.2, 0.25) is 5.95 Å². The van der Waals surface area contributed by atoms with E-state index >= 15 is 0 Å². The Labute approximate surface area is 185 Å². The van der Waals surface area contributed by atoms with Crippen LogP contribution in [-0.4, -0.2) is 23.0 Å². The quantitative estimate of drug-likeness (QED) is 0.435. The van der Waals surface area contributed by atoms with E-state index in [1.807, 2.05) is 30.3 Å². The Balaban J connectivity index is 1.40. The molecule has 2 N–H and O–H groups in total. The molecule has 0 spiro atoms. The minimum atomic E-state index is -0.314. The highest BCUT2D eigenvalue weighted by Crippen LogP contribution is 2.20. The largest absolute Gasteiger partial charge is 0.497 e. The molecular formula is C25H21FN4O2. The van der Waals surface area contributed by atoms with Gasteiger partial charge in [0.15, 0.2) is 0 Å². The number of rotatable bonds is 7. The maximum absolute atomic E-state index is 13.4. The number of ether oxygens (including phenoxy) is 1. The van der Waals surface area contributed by atoms with E-state index in [1.165, 1.54) is 12.1 Å². The van der Waals surface area contributed by atoms with E-state index in [2.05, 4.69) is 20.6 Å². The van der Waals surface area contributed by atoms with Crippen LogP contribution in [0.5, 0.6) is 5.75 Å². The zero-order chi connectivity index (χ0) is 22.3. The third-order valence-electron chi connectivity index (χ3n) is 4.78. The van der Waals surface area contributed by atoms with E-state index < -0.39 is 0 Å². The predicted molar refractivity (Wildman–Crippen MR) is 121 cm³/mol. The first-order valence-electron chi connectivity index (χ1n) is 9.97. The van der Waals surface area contributed by atoms with Crippen LogP contribution in [0.4, 0.5) is 16.0 Å². The van der Waals surface area contributed by atoms with Crippen molar-refractivity contribution in [2.45, 2.75) is 6.54 Å². The number of methoxy groups -OCH3 is 1. The highest BCUT2D eigenvalue weighted by molar-refractivity contribution is 5.95. The Morgan fingerprint density at radius 1 is 0.938 bits per heavy atom. The van der Waals surface area contributed by atoms with Crippen molar-refractivity contribution in [1.29, 1.82) is 0 Å². The number of halogens is 1. The Bertz CT molecular complexity index is 1230. The molecule has 0 aliphatic heterocycles. The standard InChI is InChI=1S/C25H21FN4O2/c1-32-23-10-2-5-17(11-23)14-27-24(31)19-7-4-9-22(13-19)30-25-28-15-20(16-29-25)18-6-3-8-21(26)12-18/h2-13,15-16H,14H2,1H3,(H,27,31)(H,28,29,30). The second kappa shape index (κ2) is 9.70. The maximum atomic E-state index is 13.4. The molecule has 160 valence electrons. The number of amides is 1. The second-order valence-electron chi connectivity index (χ2n) is 7.05. The average Bonchev–Trinajstić information content (AvgIpc) is 2.83. The molecule has 3 aromatic carbocycles. The molecule has 0 aliphatic carbocycles. The Morgan fingerprint density at radius 3 is 2.50 bits per heavy atom. The van der Waals surface area contributed by atoms with Crippen LogP contribution in [0.2, 0.25) is 0 Å². The average molecular weight is 428 g/mol. The molecule has 4 rings (SSSR count). The molecule has 0 fully saturated rings. The van der Waals surface area contributed by atoms with Crippen molar-refractivity contribution in [3.63, 3.8) is 0 Å². The summed E-state index contributed by atoms with van der Waals surface area (Å²) in [5.74, 6) is 0.607. The van der Waals surface area contributed by atoms with E-state index in [0.29, 0.717) is 34.9 Å². The molecule has 1 amide bonds. The fraction of sp³-hybridized carbons (Fsp3) is 0.0800. The van der Waals surface area contributed by atoms with Gasteiger partial charge in [0, 0.05) is 35.8 Å². The first-order valence-corrected chi connectivity index (χ1v) is 9.97. The zero-order valence-corrected chi connectivity index (χ0v) is 17.4. The molecule has 0 radical (unpaired) electrons. The molecule has 0 unspecified atom stereocenters. The summed E-state index contributed by atoms with van der Waals surface area (Å²) in [5, 5.41) is 5.99. The summed E-state index contributed by atoms with van der Waals surface area (Å²) in [5.41, 5.74) is 3.54. The Hall–Kier alpha value is -4.26. The minimum absolute atomic E-state index is 0.196. The molecule has 7 heteroatoms. The van der Waals surface area contributed by atoms with Crippen LogP contribution in [0, 0.1) is 5.82 Å². The number of benzene rings is 3. The van der Waals surface area contributed by atoms with Gasteiger partial charge in [-0.15, -0.1) is 0 Å². The Morgan fingerprint density at radius 2 is 1.72 bits per heavy atom. The maximum Gasteiger partial charge on any atom is 0.251 e. The van der Waals surface area contributed by atoms with Crippen LogP contribution in [0.15, 0.2) is 85.2 Å². The highest BCUT2D eigenvalue weighted by Gasteiger charge is 2.08. The predicted octanol–water partition coefficient (Wildman–Crippen LogP) is 4.96. The zero-order valence-electron chi connectivity index (χ0n) is 17.4. The van der Waals surface area contributed by atoms with E-state index in [0.717, 1.165) is 11.3 Å². The normalized spacial score (nSPS) is 10.4. The fourth-order valence-corrected chi connectivity index (χ4v) is 3.14. The van der Waals surface area contributed by atoms with Crippen LogP contribution in [0.1, 0.15) is 15.9 Å². The van der Waals surface area contributed by atoms with Gasteiger partial charge in [-0.05, 0) is 53.6 Å². The van der Waals surface area contributed by atoms with Gasteiger partial charge in [0.25, 0.3) is 5.91 Å². The molecule has 0 atom stereocenters. The third-order valence-corrected chi connectivity index (χ3v) is 4.78. The number of carbonyl (C=O) groups is 1. The lowest BCUT2D eigenvalue weighted by Crippen LogP contribution is -2.22. The van der Waals surface area contributed by atoms with Gasteiger partial charge >= 0.3 is 0 Å². The van der Waals surface area contributed by atoms with E-state index in [9.17, 15) is 9.18 Å².